The average molecular weight is 745 g/mol. The Balaban J connectivity index is 0.997. The summed E-state index contributed by atoms with van der Waals surface area (Å²) >= 11 is 1.83. The van der Waals surface area contributed by atoms with Crippen molar-refractivity contribution < 1.29 is 0 Å². The third kappa shape index (κ3) is 5.10. The number of hydrogen-bond acceptors (Lipinski definition) is 4. The Bertz CT molecular complexity index is 3270. The van der Waals surface area contributed by atoms with Crippen LogP contribution >= 0.6 is 11.3 Å². The molecule has 0 aliphatic heterocycles. The first-order valence-corrected chi connectivity index (χ1v) is 20.1. The van der Waals surface area contributed by atoms with Crippen LogP contribution in [0.25, 0.3) is 104 Å². The fourth-order valence-electron chi connectivity index (χ4n) is 8.82. The predicted octanol–water partition coefficient (Wildman–Crippen LogP) is 13.6. The molecule has 5 heteroatoms. The number of para-hydroxylation sites is 2. The summed E-state index contributed by atoms with van der Waals surface area (Å²) in [6.07, 6.45) is 0.941. The lowest BCUT2D eigenvalue weighted by molar-refractivity contribution is 1.08. The SMILES string of the molecule is c1ccc(-c2nc(-c3ccccc3)nc(-c3cccc4c3sc3c(-c5ccc6c(c5)-c5cc(-n7c8ccccc8c8ccccc87)ccc5C6)cccc34)n2)cc1. The second-order valence-electron chi connectivity index (χ2n) is 14.8. The van der Waals surface area contributed by atoms with Crippen LogP contribution in [0.15, 0.2) is 182 Å². The zero-order valence-electron chi connectivity index (χ0n) is 30.7. The summed E-state index contributed by atoms with van der Waals surface area (Å²) in [5, 5.41) is 5.00. The molecule has 0 unspecified atom stereocenters. The van der Waals surface area contributed by atoms with Gasteiger partial charge in [0.2, 0.25) is 0 Å². The van der Waals surface area contributed by atoms with Crippen LogP contribution in [0.3, 0.4) is 0 Å². The van der Waals surface area contributed by atoms with Crippen molar-refractivity contribution in [1.29, 1.82) is 0 Å². The van der Waals surface area contributed by atoms with Crippen molar-refractivity contribution in [2.75, 3.05) is 0 Å². The summed E-state index contributed by atoms with van der Waals surface area (Å²) in [5.74, 6) is 2.01. The summed E-state index contributed by atoms with van der Waals surface area (Å²) in [4.78, 5) is 15.2. The normalized spacial score (nSPS) is 12.1. The molecule has 0 saturated heterocycles. The number of benzene rings is 8. The van der Waals surface area contributed by atoms with Gasteiger partial charge in [-0.3, -0.25) is 0 Å². The van der Waals surface area contributed by atoms with Gasteiger partial charge in [-0.1, -0.05) is 146 Å². The third-order valence-electron chi connectivity index (χ3n) is 11.5. The molecular weight excluding hydrogens is 713 g/mol. The monoisotopic (exact) mass is 744 g/mol. The number of thiophene rings is 1. The zero-order chi connectivity index (χ0) is 37.5. The minimum absolute atomic E-state index is 0.665. The van der Waals surface area contributed by atoms with E-state index in [1.165, 1.54) is 81.0 Å². The molecule has 0 fully saturated rings. The van der Waals surface area contributed by atoms with Crippen molar-refractivity contribution in [2.45, 2.75) is 6.42 Å². The molecule has 3 aromatic heterocycles. The summed E-state index contributed by atoms with van der Waals surface area (Å²) in [6, 6.07) is 65.1. The van der Waals surface area contributed by atoms with Crippen LogP contribution in [0.2, 0.25) is 0 Å². The lowest BCUT2D eigenvalue weighted by atomic mass is 9.97. The highest BCUT2D eigenvalue weighted by atomic mass is 32.1. The van der Waals surface area contributed by atoms with E-state index in [2.05, 4.69) is 150 Å². The molecule has 0 amide bonds. The molecule has 4 nitrogen and oxygen atoms in total. The molecule has 0 saturated carbocycles. The maximum atomic E-state index is 5.10. The number of rotatable bonds is 5. The van der Waals surface area contributed by atoms with Gasteiger partial charge >= 0.3 is 0 Å². The van der Waals surface area contributed by atoms with Crippen molar-refractivity contribution in [2.24, 2.45) is 0 Å². The summed E-state index contributed by atoms with van der Waals surface area (Å²) in [7, 11) is 0. The third-order valence-corrected chi connectivity index (χ3v) is 12.8. The number of aromatic nitrogens is 4. The Kier molecular flexibility index (Phi) is 7.13. The predicted molar refractivity (Wildman–Crippen MR) is 237 cm³/mol. The van der Waals surface area contributed by atoms with Gasteiger partial charge in [0.1, 0.15) is 0 Å². The first-order valence-electron chi connectivity index (χ1n) is 19.3. The highest BCUT2D eigenvalue weighted by molar-refractivity contribution is 7.26. The summed E-state index contributed by atoms with van der Waals surface area (Å²) < 4.78 is 4.85. The maximum absolute atomic E-state index is 5.10. The molecule has 0 spiro atoms. The summed E-state index contributed by atoms with van der Waals surface area (Å²) in [5.41, 5.74) is 14.4. The van der Waals surface area contributed by atoms with E-state index in [1.54, 1.807) is 0 Å². The Morgan fingerprint density at radius 2 is 0.877 bits per heavy atom. The van der Waals surface area contributed by atoms with Crippen LogP contribution in [0.1, 0.15) is 11.1 Å². The first kappa shape index (κ1) is 32.1. The molecule has 11 aromatic rings. The minimum atomic E-state index is 0.665. The van der Waals surface area contributed by atoms with E-state index in [9.17, 15) is 0 Å². The van der Waals surface area contributed by atoms with Crippen LogP contribution in [0.4, 0.5) is 0 Å². The number of fused-ring (bicyclic) bond motifs is 9. The van der Waals surface area contributed by atoms with Crippen molar-refractivity contribution >= 4 is 53.3 Å². The molecule has 1 aliphatic carbocycles. The van der Waals surface area contributed by atoms with E-state index in [-0.39, 0.29) is 0 Å². The quantitative estimate of drug-likeness (QED) is 0.176. The molecule has 266 valence electrons. The molecule has 3 heterocycles. The van der Waals surface area contributed by atoms with Crippen LogP contribution in [0.5, 0.6) is 0 Å². The summed E-state index contributed by atoms with van der Waals surface area (Å²) in [6.45, 7) is 0. The molecule has 8 aromatic carbocycles. The highest BCUT2D eigenvalue weighted by Gasteiger charge is 2.23. The van der Waals surface area contributed by atoms with Gasteiger partial charge in [-0.2, -0.15) is 0 Å². The molecule has 0 atom stereocenters. The Hall–Kier alpha value is -7.21. The average Bonchev–Trinajstić information content (AvgIpc) is 3.96. The van der Waals surface area contributed by atoms with Gasteiger partial charge in [-0.15, -0.1) is 11.3 Å². The molecular formula is C52H32N4S. The van der Waals surface area contributed by atoms with E-state index in [0.29, 0.717) is 17.5 Å². The lowest BCUT2D eigenvalue weighted by Crippen LogP contribution is -2.00. The zero-order valence-corrected chi connectivity index (χ0v) is 31.5. The van der Waals surface area contributed by atoms with Crippen molar-refractivity contribution in [3.05, 3.63) is 193 Å². The minimum Gasteiger partial charge on any atom is -0.309 e. The molecule has 0 N–H and O–H groups in total. The van der Waals surface area contributed by atoms with Gasteiger partial charge in [0.25, 0.3) is 0 Å². The van der Waals surface area contributed by atoms with Gasteiger partial charge in [-0.25, -0.2) is 15.0 Å². The van der Waals surface area contributed by atoms with Gasteiger partial charge in [0.05, 0.1) is 11.0 Å². The van der Waals surface area contributed by atoms with E-state index >= 15 is 0 Å². The lowest BCUT2D eigenvalue weighted by Gasteiger charge is -2.11. The van der Waals surface area contributed by atoms with E-state index in [1.807, 2.05) is 47.7 Å². The van der Waals surface area contributed by atoms with Crippen LogP contribution in [-0.2, 0) is 6.42 Å². The highest BCUT2D eigenvalue weighted by Crippen LogP contribution is 2.46. The van der Waals surface area contributed by atoms with Crippen molar-refractivity contribution in [3.63, 3.8) is 0 Å². The molecule has 57 heavy (non-hydrogen) atoms. The Morgan fingerprint density at radius 3 is 1.53 bits per heavy atom. The fraction of sp³-hybridized carbons (Fsp3) is 0.0192. The van der Waals surface area contributed by atoms with E-state index in [0.717, 1.165) is 23.1 Å². The first-order chi connectivity index (χ1) is 28.2. The van der Waals surface area contributed by atoms with Crippen molar-refractivity contribution in [1.82, 2.24) is 19.5 Å². The fourth-order valence-corrected chi connectivity index (χ4v) is 10.2. The topological polar surface area (TPSA) is 43.6 Å². The molecule has 1 aliphatic rings. The standard InChI is InChI=1S/C52H32N4S/c1-3-13-32(14-4-1)50-53-51(33-15-5-2-6-16-33)55-52(54-50)43-22-12-21-42-41-20-11-19-38(48(41)57-49(42)43)36-26-25-34-29-35-27-28-37(31-45(35)44(34)30-36)56-46-23-9-7-17-39(46)40-18-8-10-24-47(40)56/h1-28,30-31H,29H2. The van der Waals surface area contributed by atoms with Gasteiger partial charge < -0.3 is 4.57 Å². The molecule has 0 radical (unpaired) electrons. The van der Waals surface area contributed by atoms with Gasteiger partial charge in [0, 0.05) is 53.3 Å². The number of hydrogen-bond donors (Lipinski definition) is 0. The molecule has 12 rings (SSSR count). The second kappa shape index (κ2) is 12.7. The van der Waals surface area contributed by atoms with Gasteiger partial charge in [-0.05, 0) is 76.2 Å². The Labute approximate surface area is 333 Å². The van der Waals surface area contributed by atoms with E-state index < -0.39 is 0 Å². The smallest absolute Gasteiger partial charge is 0.165 e. The van der Waals surface area contributed by atoms with Crippen LogP contribution in [-0.4, -0.2) is 19.5 Å². The molecule has 0 bridgehead atoms. The van der Waals surface area contributed by atoms with Gasteiger partial charge in [0.15, 0.2) is 17.5 Å². The number of nitrogens with zero attached hydrogens (tertiary/aromatic N) is 4. The van der Waals surface area contributed by atoms with Crippen LogP contribution in [0, 0.1) is 0 Å². The maximum Gasteiger partial charge on any atom is 0.165 e. The Morgan fingerprint density at radius 1 is 0.368 bits per heavy atom. The van der Waals surface area contributed by atoms with Crippen molar-refractivity contribution in [3.8, 4) is 62.1 Å². The van der Waals surface area contributed by atoms with Crippen LogP contribution < -0.4 is 0 Å². The largest absolute Gasteiger partial charge is 0.309 e. The van der Waals surface area contributed by atoms with E-state index in [4.69, 9.17) is 15.0 Å². The second-order valence-corrected chi connectivity index (χ2v) is 15.8.